The fourth-order valence-electron chi connectivity index (χ4n) is 2.05. The quantitative estimate of drug-likeness (QED) is 0.795. The molecule has 0 unspecified atom stereocenters. The van der Waals surface area contributed by atoms with E-state index in [9.17, 15) is 4.79 Å². The van der Waals surface area contributed by atoms with Crippen molar-refractivity contribution in [1.82, 2.24) is 0 Å². The van der Waals surface area contributed by atoms with Crippen molar-refractivity contribution < 1.29 is 42.2 Å². The minimum absolute atomic E-state index is 0. The van der Waals surface area contributed by atoms with Crippen LogP contribution in [0.5, 0.6) is 0 Å². The average molecular weight is 335 g/mol. The number of hydrogen-bond acceptors (Lipinski definition) is 2. The molecule has 0 saturated carbocycles. The Morgan fingerprint density at radius 3 is 2.42 bits per heavy atom. The number of nitrogens with zero attached hydrogens (tertiary/aromatic N) is 1. The standard InChI is InChI=1S/C15H20NO2.Y/c1-11(2)12-5-7-13(8-6-12)16(4)14(17)15(3)9-18-10-15;/h5,7-8,11H,9-10H2,1-4H3;/q-1;. The van der Waals surface area contributed by atoms with Crippen LogP contribution in [0.3, 0.4) is 0 Å². The molecule has 3 nitrogen and oxygen atoms in total. The topological polar surface area (TPSA) is 29.5 Å². The van der Waals surface area contributed by atoms with Crippen LogP contribution in [0.15, 0.2) is 18.2 Å². The molecule has 2 rings (SSSR count). The van der Waals surface area contributed by atoms with Gasteiger partial charge in [-0.2, -0.15) is 23.8 Å². The smallest absolute Gasteiger partial charge is 0.226 e. The van der Waals surface area contributed by atoms with Crippen LogP contribution in [0, 0.1) is 11.5 Å². The third-order valence-electron chi connectivity index (χ3n) is 3.49. The van der Waals surface area contributed by atoms with Crippen molar-refractivity contribution in [1.29, 1.82) is 0 Å². The molecule has 1 radical (unpaired) electrons. The molecule has 1 heterocycles. The van der Waals surface area contributed by atoms with Gasteiger partial charge in [-0.3, -0.25) is 4.79 Å². The fraction of sp³-hybridized carbons (Fsp3) is 0.533. The molecule has 0 aliphatic carbocycles. The van der Waals surface area contributed by atoms with Crippen molar-refractivity contribution in [2.75, 3.05) is 25.2 Å². The number of ether oxygens (including phenoxy) is 1. The summed E-state index contributed by atoms with van der Waals surface area (Å²) in [4.78, 5) is 14.0. The van der Waals surface area contributed by atoms with Crippen LogP contribution < -0.4 is 4.90 Å². The number of benzene rings is 1. The molecular weight excluding hydrogens is 315 g/mol. The van der Waals surface area contributed by atoms with Gasteiger partial charge in [-0.25, -0.2) is 0 Å². The first-order valence-corrected chi connectivity index (χ1v) is 6.31. The SMILES string of the molecule is CC(C)c1[c-]cc(N(C)C(=O)C2(C)COC2)cc1.[Y]. The Balaban J connectivity index is 0.00000180. The first-order valence-electron chi connectivity index (χ1n) is 6.31. The molecule has 0 bridgehead atoms. The Bertz CT molecular complexity index is 438. The third-order valence-corrected chi connectivity index (χ3v) is 3.49. The molecule has 0 N–H and O–H groups in total. The van der Waals surface area contributed by atoms with Gasteiger partial charge >= 0.3 is 0 Å². The first-order chi connectivity index (χ1) is 8.44. The van der Waals surface area contributed by atoms with Crippen LogP contribution in [-0.2, 0) is 42.2 Å². The maximum Gasteiger partial charge on any atom is 0.226 e. The van der Waals surface area contributed by atoms with Crippen LogP contribution in [0.4, 0.5) is 5.69 Å². The zero-order valence-corrected chi connectivity index (χ0v) is 14.9. The second-order valence-electron chi connectivity index (χ2n) is 5.57. The number of carbonyl (C=O) groups excluding carboxylic acids is 1. The fourth-order valence-corrected chi connectivity index (χ4v) is 2.05. The van der Waals surface area contributed by atoms with Crippen molar-refractivity contribution in [3.63, 3.8) is 0 Å². The molecule has 19 heavy (non-hydrogen) atoms. The molecule has 1 aromatic rings. The van der Waals surface area contributed by atoms with Gasteiger partial charge in [-0.15, -0.1) is 6.07 Å². The second-order valence-corrected chi connectivity index (χ2v) is 5.57. The van der Waals surface area contributed by atoms with Crippen molar-refractivity contribution in [3.8, 4) is 0 Å². The van der Waals surface area contributed by atoms with E-state index in [0.29, 0.717) is 19.1 Å². The summed E-state index contributed by atoms with van der Waals surface area (Å²) in [6.45, 7) is 7.25. The van der Waals surface area contributed by atoms with E-state index in [2.05, 4.69) is 19.9 Å². The van der Waals surface area contributed by atoms with E-state index in [-0.39, 0.29) is 44.0 Å². The molecule has 0 atom stereocenters. The van der Waals surface area contributed by atoms with E-state index in [1.165, 1.54) is 0 Å². The maximum absolute atomic E-state index is 12.3. The predicted molar refractivity (Wildman–Crippen MR) is 71.7 cm³/mol. The molecule has 4 heteroatoms. The normalized spacial score (nSPS) is 16.5. The van der Waals surface area contributed by atoms with Crippen molar-refractivity contribution in [2.45, 2.75) is 26.7 Å². The molecule has 1 aliphatic heterocycles. The predicted octanol–water partition coefficient (Wildman–Crippen LogP) is 2.61. The van der Waals surface area contributed by atoms with E-state index >= 15 is 0 Å². The summed E-state index contributed by atoms with van der Waals surface area (Å²) in [6.07, 6.45) is 0. The second kappa shape index (κ2) is 6.47. The summed E-state index contributed by atoms with van der Waals surface area (Å²) in [5, 5.41) is 0. The molecule has 1 aromatic carbocycles. The van der Waals surface area contributed by atoms with E-state index in [4.69, 9.17) is 4.74 Å². The molecule has 1 aliphatic rings. The van der Waals surface area contributed by atoms with Gasteiger partial charge in [0.2, 0.25) is 5.91 Å². The first kappa shape index (κ1) is 16.8. The number of hydrogen-bond donors (Lipinski definition) is 0. The van der Waals surface area contributed by atoms with Gasteiger partial charge < -0.3 is 9.64 Å². The minimum atomic E-state index is -0.356. The van der Waals surface area contributed by atoms with E-state index in [0.717, 1.165) is 11.3 Å². The zero-order chi connectivity index (χ0) is 13.3. The van der Waals surface area contributed by atoms with Crippen molar-refractivity contribution in [3.05, 3.63) is 29.8 Å². The largest absolute Gasteiger partial charge is 0.379 e. The average Bonchev–Trinajstić information content (AvgIpc) is 2.34. The van der Waals surface area contributed by atoms with Crippen molar-refractivity contribution >= 4 is 11.6 Å². The Labute approximate surface area is 140 Å². The number of amides is 1. The van der Waals surface area contributed by atoms with Crippen LogP contribution in [0.25, 0.3) is 0 Å². The Hall–Kier alpha value is -0.246. The summed E-state index contributed by atoms with van der Waals surface area (Å²) in [5.74, 6) is 0.567. The van der Waals surface area contributed by atoms with Gasteiger partial charge in [0.1, 0.15) is 0 Å². The molecule has 0 spiro atoms. The summed E-state index contributed by atoms with van der Waals surface area (Å²) in [7, 11) is 1.81. The number of carbonyl (C=O) groups is 1. The molecule has 1 fully saturated rings. The summed E-state index contributed by atoms with van der Waals surface area (Å²) < 4.78 is 5.14. The van der Waals surface area contributed by atoms with Crippen LogP contribution in [-0.4, -0.2) is 26.2 Å². The Morgan fingerprint density at radius 1 is 1.42 bits per heavy atom. The van der Waals surface area contributed by atoms with Crippen LogP contribution in [0.2, 0.25) is 0 Å². The summed E-state index contributed by atoms with van der Waals surface area (Å²) >= 11 is 0. The summed E-state index contributed by atoms with van der Waals surface area (Å²) in [5.41, 5.74) is 1.70. The van der Waals surface area contributed by atoms with Crippen LogP contribution in [0.1, 0.15) is 32.3 Å². The third kappa shape index (κ3) is 3.45. The van der Waals surface area contributed by atoms with E-state index in [1.54, 1.807) is 4.90 Å². The van der Waals surface area contributed by atoms with E-state index < -0.39 is 0 Å². The van der Waals surface area contributed by atoms with Gasteiger partial charge in [0.25, 0.3) is 0 Å². The Morgan fingerprint density at radius 2 is 2.05 bits per heavy atom. The molecule has 1 saturated heterocycles. The number of anilines is 1. The van der Waals surface area contributed by atoms with Gasteiger partial charge in [0.05, 0.1) is 18.6 Å². The Kier molecular flexibility index (Phi) is 5.72. The molecule has 1 amide bonds. The van der Waals surface area contributed by atoms with E-state index in [1.807, 2.05) is 32.2 Å². The monoisotopic (exact) mass is 335 g/mol. The van der Waals surface area contributed by atoms with Crippen LogP contribution >= 0.6 is 0 Å². The molecular formula is C15H20NO2Y-. The van der Waals surface area contributed by atoms with Crippen molar-refractivity contribution in [2.24, 2.45) is 5.41 Å². The molecule has 0 aromatic heterocycles. The van der Waals surface area contributed by atoms with Gasteiger partial charge in [-0.1, -0.05) is 19.5 Å². The van der Waals surface area contributed by atoms with Gasteiger partial charge in [-0.05, 0) is 12.8 Å². The number of rotatable bonds is 3. The van der Waals surface area contributed by atoms with Gasteiger partial charge in [0.15, 0.2) is 0 Å². The van der Waals surface area contributed by atoms with Gasteiger partial charge in [0, 0.05) is 39.8 Å². The molecule has 101 valence electrons. The summed E-state index contributed by atoms with van der Waals surface area (Å²) in [6, 6.07) is 9.13. The minimum Gasteiger partial charge on any atom is -0.379 e. The maximum atomic E-state index is 12.3. The zero-order valence-electron chi connectivity index (χ0n) is 12.1.